The normalized spacial score (nSPS) is 11.7. The van der Waals surface area contributed by atoms with E-state index < -0.39 is 11.7 Å². The first-order chi connectivity index (χ1) is 9.52. The number of aromatic nitrogens is 4. The molecule has 0 bridgehead atoms. The molecule has 2 heterocycles. The van der Waals surface area contributed by atoms with Crippen LogP contribution >= 0.6 is 0 Å². The zero-order valence-electron chi connectivity index (χ0n) is 11.3. The topological polar surface area (TPSA) is 114 Å². The summed E-state index contributed by atoms with van der Waals surface area (Å²) in [5.74, 6) is -0.194. The Kier molecular flexibility index (Phi) is 3.78. The molecule has 2 rings (SSSR count). The standard InChI is InChI=1S/C11H14N6O3/c1-4-20-10(18)7(3)12-13-8-5-6(2)9-14-15-11(19)17(9)16-8/h5H,4H2,1-3H3,(H,13,16)(H,15,19)/b12-7+. The van der Waals surface area contributed by atoms with Crippen molar-refractivity contribution in [1.29, 1.82) is 0 Å². The van der Waals surface area contributed by atoms with Crippen molar-refractivity contribution >= 4 is 23.1 Å². The van der Waals surface area contributed by atoms with E-state index in [2.05, 4.69) is 25.8 Å². The predicted molar refractivity (Wildman–Crippen MR) is 71.7 cm³/mol. The summed E-state index contributed by atoms with van der Waals surface area (Å²) in [4.78, 5) is 22.8. The second-order valence-electron chi connectivity index (χ2n) is 4.01. The molecule has 0 aliphatic carbocycles. The number of hydrogen-bond donors (Lipinski definition) is 2. The highest BCUT2D eigenvalue weighted by Crippen LogP contribution is 2.09. The quantitative estimate of drug-likeness (QED) is 0.465. The Bertz CT molecular complexity index is 729. The number of H-pyrrole nitrogens is 1. The lowest BCUT2D eigenvalue weighted by Crippen LogP contribution is -2.17. The van der Waals surface area contributed by atoms with E-state index in [4.69, 9.17) is 4.74 Å². The lowest BCUT2D eigenvalue weighted by molar-refractivity contribution is -0.135. The van der Waals surface area contributed by atoms with Crippen LogP contribution in [0.2, 0.25) is 0 Å². The lowest BCUT2D eigenvalue weighted by atomic mass is 10.3. The first-order valence-corrected chi connectivity index (χ1v) is 5.95. The van der Waals surface area contributed by atoms with Gasteiger partial charge in [-0.15, -0.1) is 5.10 Å². The molecule has 9 nitrogen and oxygen atoms in total. The number of carbonyl (C=O) groups is 1. The van der Waals surface area contributed by atoms with Crippen LogP contribution in [0, 0.1) is 6.92 Å². The molecule has 0 atom stereocenters. The number of carbonyl (C=O) groups excluding carboxylic acids is 1. The first-order valence-electron chi connectivity index (χ1n) is 5.95. The SMILES string of the molecule is CCOC(=O)/C(C)=N/Nc1cc(C)c2n[nH]c(=O)n2n1. The number of nitrogens with zero attached hydrogens (tertiary/aromatic N) is 4. The fourth-order valence-electron chi connectivity index (χ4n) is 1.52. The average Bonchev–Trinajstić information content (AvgIpc) is 2.79. The Balaban J connectivity index is 2.26. The van der Waals surface area contributed by atoms with Crippen molar-refractivity contribution in [2.75, 3.05) is 12.0 Å². The summed E-state index contributed by atoms with van der Waals surface area (Å²) in [6, 6.07) is 1.66. The average molecular weight is 278 g/mol. The van der Waals surface area contributed by atoms with Gasteiger partial charge in [-0.2, -0.15) is 14.7 Å². The third kappa shape index (κ3) is 2.66. The number of ether oxygens (including phenoxy) is 1. The minimum atomic E-state index is -0.515. The monoisotopic (exact) mass is 278 g/mol. The Morgan fingerprint density at radius 1 is 1.60 bits per heavy atom. The van der Waals surface area contributed by atoms with Gasteiger partial charge >= 0.3 is 11.7 Å². The molecule has 2 aromatic rings. The number of rotatable bonds is 4. The maximum Gasteiger partial charge on any atom is 0.364 e. The molecule has 0 radical (unpaired) electrons. The van der Waals surface area contributed by atoms with Crippen LogP contribution < -0.4 is 11.1 Å². The number of aromatic amines is 1. The van der Waals surface area contributed by atoms with Crippen molar-refractivity contribution < 1.29 is 9.53 Å². The molecule has 106 valence electrons. The molecule has 20 heavy (non-hydrogen) atoms. The van der Waals surface area contributed by atoms with Gasteiger partial charge in [-0.25, -0.2) is 14.7 Å². The summed E-state index contributed by atoms with van der Waals surface area (Å²) >= 11 is 0. The molecule has 0 aliphatic heterocycles. The molecule has 2 N–H and O–H groups in total. The summed E-state index contributed by atoms with van der Waals surface area (Å²) in [6.07, 6.45) is 0. The molecule has 2 aromatic heterocycles. The van der Waals surface area contributed by atoms with E-state index in [9.17, 15) is 9.59 Å². The van der Waals surface area contributed by atoms with Gasteiger partial charge in [0.1, 0.15) is 5.71 Å². The van der Waals surface area contributed by atoms with Gasteiger partial charge in [-0.3, -0.25) is 5.43 Å². The molecule has 0 amide bonds. The second kappa shape index (κ2) is 5.51. The zero-order chi connectivity index (χ0) is 14.7. The Morgan fingerprint density at radius 2 is 2.35 bits per heavy atom. The van der Waals surface area contributed by atoms with Gasteiger partial charge in [0.25, 0.3) is 0 Å². The summed E-state index contributed by atoms with van der Waals surface area (Å²) < 4.78 is 5.91. The molecular formula is C11H14N6O3. The molecule has 0 aliphatic rings. The van der Waals surface area contributed by atoms with Crippen molar-refractivity contribution in [2.24, 2.45) is 5.10 Å². The van der Waals surface area contributed by atoms with Crippen LogP contribution in [0.4, 0.5) is 5.82 Å². The predicted octanol–water partition coefficient (Wildman–Crippen LogP) is 0.0769. The van der Waals surface area contributed by atoms with Gasteiger partial charge in [0.15, 0.2) is 11.5 Å². The molecule has 0 unspecified atom stereocenters. The van der Waals surface area contributed by atoms with Gasteiger partial charge in [0, 0.05) is 0 Å². The largest absolute Gasteiger partial charge is 0.461 e. The minimum Gasteiger partial charge on any atom is -0.461 e. The highest BCUT2D eigenvalue weighted by Gasteiger charge is 2.09. The van der Waals surface area contributed by atoms with E-state index in [1.807, 2.05) is 0 Å². The van der Waals surface area contributed by atoms with E-state index in [0.29, 0.717) is 11.5 Å². The van der Waals surface area contributed by atoms with Crippen LogP contribution in [0.25, 0.3) is 5.65 Å². The number of fused-ring (bicyclic) bond motifs is 1. The smallest absolute Gasteiger partial charge is 0.364 e. The van der Waals surface area contributed by atoms with E-state index in [0.717, 1.165) is 10.1 Å². The Labute approximate surface area is 113 Å². The third-order valence-electron chi connectivity index (χ3n) is 2.47. The Hall–Kier alpha value is -2.71. The number of hydrogen-bond acceptors (Lipinski definition) is 7. The zero-order valence-corrected chi connectivity index (χ0v) is 11.3. The summed E-state index contributed by atoms with van der Waals surface area (Å²) in [6.45, 7) is 5.28. The maximum absolute atomic E-state index is 11.5. The van der Waals surface area contributed by atoms with E-state index >= 15 is 0 Å². The highest BCUT2D eigenvalue weighted by molar-refractivity contribution is 6.35. The van der Waals surface area contributed by atoms with Crippen LogP contribution in [0.5, 0.6) is 0 Å². The number of esters is 1. The van der Waals surface area contributed by atoms with Gasteiger partial charge in [-0.1, -0.05) is 0 Å². The number of anilines is 1. The summed E-state index contributed by atoms with van der Waals surface area (Å²) in [5, 5.41) is 14.0. The number of nitrogens with one attached hydrogen (secondary N) is 2. The van der Waals surface area contributed by atoms with Gasteiger partial charge in [-0.05, 0) is 32.4 Å². The van der Waals surface area contributed by atoms with Crippen LogP contribution in [0.1, 0.15) is 19.4 Å². The molecule has 0 spiro atoms. The van der Waals surface area contributed by atoms with Gasteiger partial charge in [0.2, 0.25) is 0 Å². The van der Waals surface area contributed by atoms with Gasteiger partial charge in [0.05, 0.1) is 6.61 Å². The highest BCUT2D eigenvalue weighted by atomic mass is 16.5. The number of hydrazone groups is 1. The molecule has 0 saturated carbocycles. The summed E-state index contributed by atoms with van der Waals surface area (Å²) in [5.41, 5.74) is 3.50. The van der Waals surface area contributed by atoms with Crippen molar-refractivity contribution in [1.82, 2.24) is 19.8 Å². The second-order valence-corrected chi connectivity index (χ2v) is 4.01. The van der Waals surface area contributed by atoms with Crippen molar-refractivity contribution in [3.63, 3.8) is 0 Å². The maximum atomic E-state index is 11.5. The van der Waals surface area contributed by atoms with Crippen LogP contribution in [-0.4, -0.2) is 38.1 Å². The summed E-state index contributed by atoms with van der Waals surface area (Å²) in [7, 11) is 0. The van der Waals surface area contributed by atoms with E-state index in [1.54, 1.807) is 19.9 Å². The first kappa shape index (κ1) is 13.7. The molecule has 9 heteroatoms. The third-order valence-corrected chi connectivity index (χ3v) is 2.47. The minimum absolute atomic E-state index is 0.158. The van der Waals surface area contributed by atoms with E-state index in [-0.39, 0.29) is 12.3 Å². The van der Waals surface area contributed by atoms with Crippen molar-refractivity contribution in [2.45, 2.75) is 20.8 Å². The lowest BCUT2D eigenvalue weighted by Gasteiger charge is -2.04. The van der Waals surface area contributed by atoms with E-state index in [1.165, 1.54) is 6.92 Å². The molecular weight excluding hydrogens is 264 g/mol. The molecule has 0 aromatic carbocycles. The fraction of sp³-hybridized carbons (Fsp3) is 0.364. The van der Waals surface area contributed by atoms with Crippen molar-refractivity contribution in [3.8, 4) is 0 Å². The fourth-order valence-corrected chi connectivity index (χ4v) is 1.52. The van der Waals surface area contributed by atoms with Gasteiger partial charge < -0.3 is 4.74 Å². The van der Waals surface area contributed by atoms with Crippen LogP contribution in [0.3, 0.4) is 0 Å². The van der Waals surface area contributed by atoms with Crippen LogP contribution in [0.15, 0.2) is 16.0 Å². The molecule has 0 saturated heterocycles. The van der Waals surface area contributed by atoms with Crippen LogP contribution in [-0.2, 0) is 9.53 Å². The van der Waals surface area contributed by atoms with Crippen molar-refractivity contribution in [3.05, 3.63) is 22.1 Å². The number of aryl methyl sites for hydroxylation is 1. The molecule has 0 fully saturated rings. The Morgan fingerprint density at radius 3 is 3.05 bits per heavy atom.